The van der Waals surface area contributed by atoms with Crippen LogP contribution in [-0.4, -0.2) is 24.2 Å². The van der Waals surface area contributed by atoms with Gasteiger partial charge < -0.3 is 0 Å². The zero-order valence-electron chi connectivity index (χ0n) is 14.8. The van der Waals surface area contributed by atoms with Crippen LogP contribution >= 0.6 is 0 Å². The number of hydrogen-bond acceptors (Lipinski definition) is 0. The van der Waals surface area contributed by atoms with E-state index in [0.29, 0.717) is 10.1 Å². The van der Waals surface area contributed by atoms with Crippen molar-refractivity contribution in [3.05, 3.63) is 0 Å². The van der Waals surface area contributed by atoms with Gasteiger partial charge in [0.25, 0.3) is 0 Å². The summed E-state index contributed by atoms with van der Waals surface area (Å²) in [6, 6.07) is 1.59. The zero-order valence-corrected chi connectivity index (χ0v) is 17.8. The van der Waals surface area contributed by atoms with Gasteiger partial charge in [0.15, 0.2) is 0 Å². The van der Waals surface area contributed by atoms with Crippen LogP contribution in [0, 0.1) is 0 Å². The van der Waals surface area contributed by atoms with Gasteiger partial charge in [0, 0.05) is 16.1 Å². The second kappa shape index (κ2) is 4.08. The van der Waals surface area contributed by atoms with Crippen LogP contribution in [0.3, 0.4) is 0 Å². The van der Waals surface area contributed by atoms with Crippen molar-refractivity contribution < 1.29 is 0 Å². The summed E-state index contributed by atoms with van der Waals surface area (Å²) in [7, 11) is -3.30. The maximum Gasteiger partial charge on any atom is 0.0624 e. The molecule has 0 radical (unpaired) electrons. The van der Waals surface area contributed by atoms with Gasteiger partial charge in [-0.05, 0) is 10.1 Å². The van der Waals surface area contributed by atoms with Crippen molar-refractivity contribution in [2.75, 3.05) is 0 Å². The smallest absolute Gasteiger partial charge is 0.0624 e. The first-order valence-corrected chi connectivity index (χ1v) is 17.0. The summed E-state index contributed by atoms with van der Waals surface area (Å²) in [5.41, 5.74) is 0. The highest BCUT2D eigenvalue weighted by Crippen LogP contribution is 2.77. The molecule has 1 saturated heterocycles. The third-order valence-corrected chi connectivity index (χ3v) is 29.4. The van der Waals surface area contributed by atoms with Crippen LogP contribution in [0.25, 0.3) is 0 Å². The Bertz CT molecular complexity index is 311. The molecule has 1 rings (SSSR count). The molecule has 3 heteroatoms. The molecule has 1 heterocycles. The van der Waals surface area contributed by atoms with E-state index >= 15 is 0 Å². The SMILES string of the molecule is CC(C)(C)[Si]1(C([Si](C)(C)C)[Si](C)(C)C)CC1(C)C. The number of rotatable bonds is 3. The van der Waals surface area contributed by atoms with Gasteiger partial charge in [0.1, 0.15) is 0 Å². The van der Waals surface area contributed by atoms with E-state index in [0.717, 1.165) is 4.79 Å². The first kappa shape index (κ1) is 16.7. The second-order valence-electron chi connectivity index (χ2n) is 10.4. The third-order valence-electron chi connectivity index (χ3n) is 5.37. The molecule has 0 amide bonds. The summed E-state index contributed by atoms with van der Waals surface area (Å²) >= 11 is 0. The van der Waals surface area contributed by atoms with E-state index in [2.05, 4.69) is 73.9 Å². The van der Waals surface area contributed by atoms with Gasteiger partial charge >= 0.3 is 0 Å². The minimum atomic E-state index is -1.16. The van der Waals surface area contributed by atoms with Crippen LogP contribution in [-0.2, 0) is 0 Å². The lowest BCUT2D eigenvalue weighted by Gasteiger charge is -2.50. The molecule has 0 saturated carbocycles. The van der Waals surface area contributed by atoms with E-state index in [1.807, 2.05) is 0 Å². The maximum atomic E-state index is 2.64. The van der Waals surface area contributed by atoms with Crippen LogP contribution in [0.4, 0.5) is 0 Å². The first-order chi connectivity index (χ1) is 7.57. The van der Waals surface area contributed by atoms with Gasteiger partial charge in [-0.1, -0.05) is 84.7 Å². The molecule has 1 unspecified atom stereocenters. The topological polar surface area (TPSA) is 0 Å². The molecule has 0 nitrogen and oxygen atoms in total. The Morgan fingerprint density at radius 3 is 1.22 bits per heavy atom. The fourth-order valence-electron chi connectivity index (χ4n) is 5.64. The van der Waals surface area contributed by atoms with Crippen molar-refractivity contribution in [3.8, 4) is 0 Å². The van der Waals surface area contributed by atoms with E-state index < -0.39 is 24.2 Å². The molecule has 0 N–H and O–H groups in total. The molecule has 0 aromatic rings. The average Bonchev–Trinajstić information content (AvgIpc) is 2.45. The van der Waals surface area contributed by atoms with Crippen LogP contribution in [0.5, 0.6) is 0 Å². The molecular weight excluding hydrogens is 264 g/mol. The highest BCUT2D eigenvalue weighted by molar-refractivity contribution is 7.18. The van der Waals surface area contributed by atoms with E-state index in [9.17, 15) is 0 Å². The fourth-order valence-corrected chi connectivity index (χ4v) is 39.7. The van der Waals surface area contributed by atoms with Gasteiger partial charge in [-0.15, -0.1) is 0 Å². The molecule has 1 aliphatic rings. The Morgan fingerprint density at radius 1 is 0.889 bits per heavy atom. The highest BCUT2D eigenvalue weighted by atomic mass is 28.5. The molecule has 0 bridgehead atoms. The van der Waals surface area contributed by atoms with Crippen LogP contribution in [0.2, 0.25) is 60.2 Å². The summed E-state index contributed by atoms with van der Waals surface area (Å²) in [6.45, 7) is 28.7. The van der Waals surface area contributed by atoms with Gasteiger partial charge in [-0.2, -0.15) is 0 Å². The van der Waals surface area contributed by atoms with Crippen LogP contribution in [0.15, 0.2) is 0 Å². The summed E-state index contributed by atoms with van der Waals surface area (Å²) < 4.78 is 0. The van der Waals surface area contributed by atoms with Crippen LogP contribution < -0.4 is 0 Å². The Morgan fingerprint density at radius 2 is 1.17 bits per heavy atom. The fraction of sp³-hybridized carbons (Fsp3) is 1.00. The Labute approximate surface area is 119 Å². The normalized spacial score (nSPS) is 28.7. The lowest BCUT2D eigenvalue weighted by Crippen LogP contribution is -2.57. The van der Waals surface area contributed by atoms with Gasteiger partial charge in [-0.25, -0.2) is 0 Å². The van der Waals surface area contributed by atoms with Crippen molar-refractivity contribution in [1.82, 2.24) is 0 Å². The van der Waals surface area contributed by atoms with E-state index in [4.69, 9.17) is 0 Å². The molecule has 1 atom stereocenters. The lowest BCUT2D eigenvalue weighted by molar-refractivity contribution is 0.708. The van der Waals surface area contributed by atoms with Gasteiger partial charge in [0.05, 0.1) is 8.07 Å². The second-order valence-corrected chi connectivity index (χ2v) is 28.5. The quantitative estimate of drug-likeness (QED) is 0.548. The maximum absolute atomic E-state index is 2.64. The summed E-state index contributed by atoms with van der Waals surface area (Å²) in [6.07, 6.45) is 0. The molecular formula is C15H36Si3. The van der Waals surface area contributed by atoms with Gasteiger partial charge in [0.2, 0.25) is 0 Å². The molecule has 0 aliphatic carbocycles. The predicted octanol–water partition coefficient (Wildman–Crippen LogP) is 6.15. The standard InChI is InChI=1S/C15H36Si3/c1-14(2,3)18(12-15(18,4)5)13(16(6,7)8)17(9,10)11/h13H,12H2,1-11H3. The predicted molar refractivity (Wildman–Crippen MR) is 94.8 cm³/mol. The minimum Gasteiger partial charge on any atom is -0.0698 e. The van der Waals surface area contributed by atoms with Crippen molar-refractivity contribution in [2.24, 2.45) is 0 Å². The molecule has 18 heavy (non-hydrogen) atoms. The van der Waals surface area contributed by atoms with E-state index in [1.54, 1.807) is 6.04 Å². The largest absolute Gasteiger partial charge is 0.0698 e. The van der Waals surface area contributed by atoms with Crippen molar-refractivity contribution in [2.45, 2.75) is 94.8 Å². The van der Waals surface area contributed by atoms with Crippen molar-refractivity contribution in [1.29, 1.82) is 0 Å². The van der Waals surface area contributed by atoms with Crippen LogP contribution in [0.1, 0.15) is 34.6 Å². The summed E-state index contributed by atoms with van der Waals surface area (Å²) in [5.74, 6) is 0. The van der Waals surface area contributed by atoms with E-state index in [1.165, 1.54) is 0 Å². The summed E-state index contributed by atoms with van der Waals surface area (Å²) in [5, 5.41) is 1.28. The molecule has 1 fully saturated rings. The van der Waals surface area contributed by atoms with E-state index in [-0.39, 0.29) is 0 Å². The summed E-state index contributed by atoms with van der Waals surface area (Å²) in [4.78, 5) is 1.16. The molecule has 0 aromatic carbocycles. The average molecular weight is 301 g/mol. The Hall–Kier alpha value is 0.651. The molecule has 1 aliphatic heterocycles. The number of hydrogen-bond donors (Lipinski definition) is 0. The Kier molecular flexibility index (Phi) is 3.78. The van der Waals surface area contributed by atoms with Crippen molar-refractivity contribution in [3.63, 3.8) is 0 Å². The monoisotopic (exact) mass is 300 g/mol. The third kappa shape index (κ3) is 2.47. The first-order valence-electron chi connectivity index (χ1n) is 7.57. The molecule has 0 spiro atoms. The van der Waals surface area contributed by atoms with Gasteiger partial charge in [-0.3, -0.25) is 0 Å². The molecule has 108 valence electrons. The highest BCUT2D eigenvalue weighted by Gasteiger charge is 2.74. The Balaban J connectivity index is 3.38. The lowest BCUT2D eigenvalue weighted by atomic mass is 10.2. The minimum absolute atomic E-state index is 0.585. The van der Waals surface area contributed by atoms with Crippen molar-refractivity contribution >= 4 is 24.2 Å². The zero-order chi connectivity index (χ0) is 14.8. The molecule has 0 aromatic heterocycles.